The molecule has 1 heterocycles. The molecule has 2 N–H and O–H groups in total. The van der Waals surface area contributed by atoms with Crippen molar-refractivity contribution in [1.29, 1.82) is 0 Å². The first-order chi connectivity index (χ1) is 7.03. The van der Waals surface area contributed by atoms with Gasteiger partial charge >= 0.3 is 0 Å². The first kappa shape index (κ1) is 12.3. The quantitative estimate of drug-likeness (QED) is 0.756. The monoisotopic (exact) mass is 211 g/mol. The number of hydrogen-bond donors (Lipinski definition) is 2. The van der Waals surface area contributed by atoms with Crippen LogP contribution in [-0.2, 0) is 6.42 Å². The molecule has 0 aliphatic carbocycles. The number of furan rings is 1. The fraction of sp³-hybridized carbons (Fsp3) is 0.667. The van der Waals surface area contributed by atoms with Gasteiger partial charge in [-0.25, -0.2) is 0 Å². The minimum Gasteiger partial charge on any atom is -0.469 e. The second-order valence-electron chi connectivity index (χ2n) is 4.42. The molecule has 86 valence electrons. The van der Waals surface area contributed by atoms with Gasteiger partial charge in [0.15, 0.2) is 0 Å². The Bertz CT molecular complexity index is 267. The van der Waals surface area contributed by atoms with E-state index in [1.807, 2.05) is 26.0 Å². The number of rotatable bonds is 6. The van der Waals surface area contributed by atoms with E-state index < -0.39 is 5.60 Å². The first-order valence-corrected chi connectivity index (χ1v) is 5.51. The summed E-state index contributed by atoms with van der Waals surface area (Å²) in [6, 6.07) is 4.18. The summed E-state index contributed by atoms with van der Waals surface area (Å²) in [7, 11) is 0. The summed E-state index contributed by atoms with van der Waals surface area (Å²) in [5.74, 6) is 0.978. The van der Waals surface area contributed by atoms with E-state index in [0.29, 0.717) is 12.6 Å². The van der Waals surface area contributed by atoms with Crippen molar-refractivity contribution in [2.45, 2.75) is 45.3 Å². The predicted octanol–water partition coefficient (Wildman–Crippen LogP) is 1.96. The van der Waals surface area contributed by atoms with Gasteiger partial charge in [0, 0.05) is 19.0 Å². The van der Waals surface area contributed by atoms with E-state index in [0.717, 1.165) is 18.6 Å². The van der Waals surface area contributed by atoms with Crippen LogP contribution in [0.3, 0.4) is 0 Å². The van der Waals surface area contributed by atoms with Gasteiger partial charge in [0.1, 0.15) is 5.76 Å². The Morgan fingerprint density at radius 2 is 2.33 bits per heavy atom. The summed E-state index contributed by atoms with van der Waals surface area (Å²) in [5, 5.41) is 13.1. The Balaban J connectivity index is 2.28. The van der Waals surface area contributed by atoms with Crippen LogP contribution in [0.25, 0.3) is 0 Å². The molecule has 1 rings (SSSR count). The maximum atomic E-state index is 9.81. The molecule has 0 amide bonds. The molecule has 2 unspecified atom stereocenters. The third-order valence-electron chi connectivity index (χ3n) is 2.68. The van der Waals surface area contributed by atoms with Gasteiger partial charge in [-0.3, -0.25) is 0 Å². The molecule has 0 aliphatic heterocycles. The van der Waals surface area contributed by atoms with E-state index in [1.165, 1.54) is 0 Å². The fourth-order valence-corrected chi connectivity index (χ4v) is 1.32. The van der Waals surface area contributed by atoms with Crippen LogP contribution < -0.4 is 5.32 Å². The average Bonchev–Trinajstić information content (AvgIpc) is 2.68. The molecule has 1 aromatic heterocycles. The Morgan fingerprint density at radius 1 is 1.60 bits per heavy atom. The van der Waals surface area contributed by atoms with Crippen molar-refractivity contribution < 1.29 is 9.52 Å². The molecule has 0 spiro atoms. The van der Waals surface area contributed by atoms with Gasteiger partial charge in [-0.2, -0.15) is 0 Å². The molecule has 0 bridgehead atoms. The molecule has 0 aliphatic rings. The average molecular weight is 211 g/mol. The third kappa shape index (κ3) is 4.49. The number of hydrogen-bond acceptors (Lipinski definition) is 3. The lowest BCUT2D eigenvalue weighted by molar-refractivity contribution is 0.0532. The van der Waals surface area contributed by atoms with Gasteiger partial charge in [-0.15, -0.1) is 0 Å². The Morgan fingerprint density at radius 3 is 2.87 bits per heavy atom. The van der Waals surface area contributed by atoms with Crippen LogP contribution in [0.15, 0.2) is 22.8 Å². The second kappa shape index (κ2) is 5.33. The lowest BCUT2D eigenvalue weighted by Gasteiger charge is -2.24. The fourth-order valence-electron chi connectivity index (χ4n) is 1.32. The zero-order chi connectivity index (χ0) is 11.3. The van der Waals surface area contributed by atoms with E-state index in [9.17, 15) is 5.11 Å². The minimum atomic E-state index is -0.614. The summed E-state index contributed by atoms with van der Waals surface area (Å²) in [6.07, 6.45) is 3.30. The van der Waals surface area contributed by atoms with Crippen LogP contribution in [0.1, 0.15) is 33.0 Å². The highest BCUT2D eigenvalue weighted by Gasteiger charge is 2.18. The molecule has 0 saturated carbocycles. The summed E-state index contributed by atoms with van der Waals surface area (Å²) in [6.45, 7) is 6.54. The van der Waals surface area contributed by atoms with E-state index in [4.69, 9.17) is 4.42 Å². The predicted molar refractivity (Wildman–Crippen MR) is 60.8 cm³/mol. The Kier molecular flexibility index (Phi) is 4.36. The van der Waals surface area contributed by atoms with Crippen molar-refractivity contribution in [3.8, 4) is 0 Å². The minimum absolute atomic E-state index is 0.314. The van der Waals surface area contributed by atoms with E-state index >= 15 is 0 Å². The molecule has 2 atom stereocenters. The third-order valence-corrected chi connectivity index (χ3v) is 2.68. The van der Waals surface area contributed by atoms with Gasteiger partial charge in [-0.05, 0) is 32.4 Å². The SMILES string of the molecule is CCC(C)(O)CNC(C)Cc1ccco1. The lowest BCUT2D eigenvalue weighted by Crippen LogP contribution is -2.41. The number of nitrogens with one attached hydrogen (secondary N) is 1. The van der Waals surface area contributed by atoms with Gasteiger partial charge in [0.05, 0.1) is 11.9 Å². The normalized spacial score (nSPS) is 17.3. The van der Waals surface area contributed by atoms with Crippen molar-refractivity contribution in [2.24, 2.45) is 0 Å². The van der Waals surface area contributed by atoms with Gasteiger partial charge < -0.3 is 14.8 Å². The van der Waals surface area contributed by atoms with Crippen LogP contribution >= 0.6 is 0 Å². The van der Waals surface area contributed by atoms with Crippen molar-refractivity contribution >= 4 is 0 Å². The first-order valence-electron chi connectivity index (χ1n) is 5.51. The Hall–Kier alpha value is -0.800. The van der Waals surface area contributed by atoms with E-state index in [-0.39, 0.29) is 0 Å². The van der Waals surface area contributed by atoms with E-state index in [2.05, 4.69) is 12.2 Å². The highest BCUT2D eigenvalue weighted by molar-refractivity contribution is 5.00. The zero-order valence-corrected chi connectivity index (χ0v) is 9.79. The van der Waals surface area contributed by atoms with Crippen molar-refractivity contribution in [3.63, 3.8) is 0 Å². The standard InChI is InChI=1S/C12H21NO2/c1-4-12(3,14)9-13-10(2)8-11-6-5-7-15-11/h5-7,10,13-14H,4,8-9H2,1-3H3. The van der Waals surface area contributed by atoms with Crippen molar-refractivity contribution in [2.75, 3.05) is 6.54 Å². The maximum Gasteiger partial charge on any atom is 0.105 e. The largest absolute Gasteiger partial charge is 0.469 e. The van der Waals surface area contributed by atoms with Gasteiger partial charge in [0.25, 0.3) is 0 Å². The van der Waals surface area contributed by atoms with Gasteiger partial charge in [0.2, 0.25) is 0 Å². The summed E-state index contributed by atoms with van der Waals surface area (Å²) in [4.78, 5) is 0. The molecule has 0 saturated heterocycles. The van der Waals surface area contributed by atoms with Crippen LogP contribution in [0.5, 0.6) is 0 Å². The van der Waals surface area contributed by atoms with Crippen LogP contribution in [0.2, 0.25) is 0 Å². The molecule has 0 fully saturated rings. The van der Waals surface area contributed by atoms with Crippen LogP contribution in [0, 0.1) is 0 Å². The zero-order valence-electron chi connectivity index (χ0n) is 9.79. The number of aliphatic hydroxyl groups is 1. The van der Waals surface area contributed by atoms with Crippen LogP contribution in [0.4, 0.5) is 0 Å². The summed E-state index contributed by atoms with van der Waals surface area (Å²) in [5.41, 5.74) is -0.614. The smallest absolute Gasteiger partial charge is 0.105 e. The second-order valence-corrected chi connectivity index (χ2v) is 4.42. The molecule has 3 nitrogen and oxygen atoms in total. The molecular formula is C12H21NO2. The molecule has 3 heteroatoms. The highest BCUT2D eigenvalue weighted by atomic mass is 16.3. The summed E-state index contributed by atoms with van der Waals surface area (Å²) >= 11 is 0. The molecule has 0 radical (unpaired) electrons. The lowest BCUT2D eigenvalue weighted by atomic mass is 10.0. The van der Waals surface area contributed by atoms with Gasteiger partial charge in [-0.1, -0.05) is 6.92 Å². The highest BCUT2D eigenvalue weighted by Crippen LogP contribution is 2.08. The topological polar surface area (TPSA) is 45.4 Å². The molecular weight excluding hydrogens is 190 g/mol. The molecule has 15 heavy (non-hydrogen) atoms. The molecule has 0 aromatic carbocycles. The Labute approximate surface area is 91.5 Å². The van der Waals surface area contributed by atoms with Crippen LogP contribution in [-0.4, -0.2) is 23.3 Å². The molecule has 1 aromatic rings. The summed E-state index contributed by atoms with van der Waals surface area (Å²) < 4.78 is 5.26. The van der Waals surface area contributed by atoms with Crippen molar-refractivity contribution in [3.05, 3.63) is 24.2 Å². The van der Waals surface area contributed by atoms with E-state index in [1.54, 1.807) is 6.26 Å². The van der Waals surface area contributed by atoms with Crippen molar-refractivity contribution in [1.82, 2.24) is 5.32 Å². The maximum absolute atomic E-state index is 9.81.